The van der Waals surface area contributed by atoms with E-state index in [0.717, 1.165) is 22.8 Å². The number of hydrogen-bond donors (Lipinski definition) is 2. The summed E-state index contributed by atoms with van der Waals surface area (Å²) in [5.74, 6) is 2.82. The maximum absolute atomic E-state index is 12.4. The Morgan fingerprint density at radius 3 is 2.62 bits per heavy atom. The van der Waals surface area contributed by atoms with E-state index in [9.17, 15) is 9.59 Å². The molecule has 3 rings (SSSR count). The third-order valence-corrected chi connectivity index (χ3v) is 5.20. The summed E-state index contributed by atoms with van der Waals surface area (Å²) in [6.07, 6.45) is 0. The highest BCUT2D eigenvalue weighted by Crippen LogP contribution is 2.34. The van der Waals surface area contributed by atoms with E-state index in [1.165, 1.54) is 4.68 Å². The summed E-state index contributed by atoms with van der Waals surface area (Å²) in [6, 6.07) is 6.98. The van der Waals surface area contributed by atoms with Crippen LogP contribution in [0.2, 0.25) is 0 Å². The highest BCUT2D eigenvalue weighted by atomic mass is 32.2. The first-order valence-corrected chi connectivity index (χ1v) is 10.2. The third kappa shape index (κ3) is 5.64. The number of carbonyl (C=O) groups excluding carboxylic acids is 2. The van der Waals surface area contributed by atoms with Gasteiger partial charge in [-0.2, -0.15) is 16.9 Å². The van der Waals surface area contributed by atoms with E-state index in [1.54, 1.807) is 50.2 Å². The van der Waals surface area contributed by atoms with Crippen LogP contribution in [0.15, 0.2) is 24.3 Å². The maximum atomic E-state index is 12.4. The smallest absolute Gasteiger partial charge is 0.263 e. The molecule has 0 spiro atoms. The van der Waals surface area contributed by atoms with Gasteiger partial charge in [0, 0.05) is 30.7 Å². The van der Waals surface area contributed by atoms with Gasteiger partial charge in [0.25, 0.3) is 5.91 Å². The van der Waals surface area contributed by atoms with Crippen molar-refractivity contribution in [3.05, 3.63) is 35.5 Å². The molecule has 2 aromatic rings. The summed E-state index contributed by atoms with van der Waals surface area (Å²) in [4.78, 5) is 24.6. The van der Waals surface area contributed by atoms with Crippen molar-refractivity contribution < 1.29 is 23.8 Å². The molecule has 0 saturated heterocycles. The van der Waals surface area contributed by atoms with Crippen molar-refractivity contribution in [2.24, 2.45) is 0 Å². The van der Waals surface area contributed by atoms with Gasteiger partial charge in [-0.05, 0) is 24.3 Å². The van der Waals surface area contributed by atoms with E-state index in [1.807, 2.05) is 0 Å². The van der Waals surface area contributed by atoms with E-state index in [0.29, 0.717) is 30.5 Å². The Hall–Kier alpha value is -2.72. The molecule has 0 unspecified atom stereocenters. The van der Waals surface area contributed by atoms with Gasteiger partial charge in [0.1, 0.15) is 23.9 Å². The van der Waals surface area contributed by atoms with E-state index in [4.69, 9.17) is 14.2 Å². The molecule has 0 saturated carbocycles. The summed E-state index contributed by atoms with van der Waals surface area (Å²) in [5, 5.41) is 10.1. The van der Waals surface area contributed by atoms with Crippen LogP contribution in [0.25, 0.3) is 0 Å². The van der Waals surface area contributed by atoms with Crippen molar-refractivity contribution in [3.8, 4) is 11.5 Å². The summed E-state index contributed by atoms with van der Waals surface area (Å²) >= 11 is 1.72. The number of amides is 2. The van der Waals surface area contributed by atoms with Gasteiger partial charge in [-0.15, -0.1) is 0 Å². The minimum Gasteiger partial charge on any atom is -0.497 e. The van der Waals surface area contributed by atoms with Crippen LogP contribution in [0.1, 0.15) is 11.3 Å². The second kappa shape index (κ2) is 10.2. The quantitative estimate of drug-likeness (QED) is 0.560. The van der Waals surface area contributed by atoms with Crippen LogP contribution >= 0.6 is 11.8 Å². The van der Waals surface area contributed by atoms with Crippen molar-refractivity contribution >= 4 is 29.4 Å². The summed E-state index contributed by atoms with van der Waals surface area (Å²) in [7, 11) is 3.16. The number of benzene rings is 1. The molecule has 2 N–H and O–H groups in total. The Bertz CT molecular complexity index is 853. The molecule has 1 aliphatic rings. The zero-order chi connectivity index (χ0) is 20.6. The molecule has 156 valence electrons. The highest BCUT2D eigenvalue weighted by Gasteiger charge is 2.25. The first kappa shape index (κ1) is 21.0. The van der Waals surface area contributed by atoms with E-state index in [2.05, 4.69) is 15.7 Å². The fraction of sp³-hybridized carbons (Fsp3) is 0.421. The van der Waals surface area contributed by atoms with Crippen LogP contribution in [0, 0.1) is 0 Å². The SMILES string of the molecule is COCCNC(=O)Cn1nc2c(c1NC(=O)COc1ccc(OC)cc1)CSC2. The second-order valence-corrected chi connectivity index (χ2v) is 7.27. The van der Waals surface area contributed by atoms with Crippen LogP contribution in [-0.4, -0.2) is 55.6 Å². The van der Waals surface area contributed by atoms with E-state index >= 15 is 0 Å². The van der Waals surface area contributed by atoms with Crippen molar-refractivity contribution in [2.45, 2.75) is 18.1 Å². The molecule has 0 radical (unpaired) electrons. The number of carbonyl (C=O) groups is 2. The van der Waals surface area contributed by atoms with Crippen molar-refractivity contribution in [1.82, 2.24) is 15.1 Å². The van der Waals surface area contributed by atoms with Gasteiger partial charge in [0.05, 0.1) is 19.4 Å². The zero-order valence-electron chi connectivity index (χ0n) is 16.4. The Morgan fingerprint density at radius 1 is 1.14 bits per heavy atom. The molecule has 0 atom stereocenters. The number of anilines is 1. The van der Waals surface area contributed by atoms with Crippen LogP contribution in [0.3, 0.4) is 0 Å². The highest BCUT2D eigenvalue weighted by molar-refractivity contribution is 7.98. The minimum atomic E-state index is -0.318. The van der Waals surface area contributed by atoms with Gasteiger partial charge in [0.2, 0.25) is 5.91 Å². The van der Waals surface area contributed by atoms with E-state index < -0.39 is 0 Å². The number of aromatic nitrogens is 2. The lowest BCUT2D eigenvalue weighted by atomic mass is 10.3. The number of rotatable bonds is 10. The molecule has 2 heterocycles. The number of fused-ring (bicyclic) bond motifs is 1. The lowest BCUT2D eigenvalue weighted by Gasteiger charge is -2.12. The van der Waals surface area contributed by atoms with Gasteiger partial charge in [-0.1, -0.05) is 0 Å². The van der Waals surface area contributed by atoms with Gasteiger partial charge in [0.15, 0.2) is 6.61 Å². The molecule has 0 fully saturated rings. The third-order valence-electron chi connectivity index (χ3n) is 4.23. The van der Waals surface area contributed by atoms with Crippen LogP contribution in [0.5, 0.6) is 11.5 Å². The van der Waals surface area contributed by atoms with Gasteiger partial charge >= 0.3 is 0 Å². The molecule has 0 bridgehead atoms. The Morgan fingerprint density at radius 2 is 1.90 bits per heavy atom. The lowest BCUT2D eigenvalue weighted by molar-refractivity contribution is -0.122. The molecule has 2 amide bonds. The van der Waals surface area contributed by atoms with Crippen molar-refractivity contribution in [1.29, 1.82) is 0 Å². The molecule has 1 aliphatic heterocycles. The van der Waals surface area contributed by atoms with Crippen molar-refractivity contribution in [2.75, 3.05) is 39.3 Å². The number of nitrogens with zero attached hydrogens (tertiary/aromatic N) is 2. The summed E-state index contributed by atoms with van der Waals surface area (Å²) < 4.78 is 17.1. The van der Waals surface area contributed by atoms with Gasteiger partial charge in [-0.25, -0.2) is 4.68 Å². The first-order chi connectivity index (χ1) is 14.1. The largest absolute Gasteiger partial charge is 0.497 e. The topological polar surface area (TPSA) is 104 Å². The predicted molar refractivity (Wildman–Crippen MR) is 109 cm³/mol. The number of methoxy groups -OCH3 is 2. The molecule has 29 heavy (non-hydrogen) atoms. The first-order valence-electron chi connectivity index (χ1n) is 9.09. The number of nitrogens with one attached hydrogen (secondary N) is 2. The fourth-order valence-corrected chi connectivity index (χ4v) is 3.83. The Kier molecular flexibility index (Phi) is 7.36. The van der Waals surface area contributed by atoms with Gasteiger partial charge < -0.3 is 24.8 Å². The summed E-state index contributed by atoms with van der Waals surface area (Å²) in [6.45, 7) is 0.726. The predicted octanol–water partition coefficient (Wildman–Crippen LogP) is 1.42. The molecule has 1 aromatic carbocycles. The number of ether oxygens (including phenoxy) is 3. The lowest BCUT2D eigenvalue weighted by Crippen LogP contribution is -2.31. The molecular formula is C19H24N4O5S. The number of thioether (sulfide) groups is 1. The monoisotopic (exact) mass is 420 g/mol. The average molecular weight is 420 g/mol. The summed E-state index contributed by atoms with van der Waals surface area (Å²) in [5.41, 5.74) is 1.85. The Balaban J connectivity index is 1.61. The number of hydrogen-bond acceptors (Lipinski definition) is 7. The molecule has 1 aromatic heterocycles. The normalized spacial score (nSPS) is 12.3. The molecule has 0 aliphatic carbocycles. The van der Waals surface area contributed by atoms with Crippen LogP contribution in [-0.2, 0) is 32.4 Å². The second-order valence-electron chi connectivity index (χ2n) is 6.28. The average Bonchev–Trinajstić information content (AvgIpc) is 3.30. The minimum absolute atomic E-state index is 0.0241. The van der Waals surface area contributed by atoms with E-state index in [-0.39, 0.29) is 25.0 Å². The fourth-order valence-electron chi connectivity index (χ4n) is 2.79. The zero-order valence-corrected chi connectivity index (χ0v) is 17.2. The molecular weight excluding hydrogens is 396 g/mol. The van der Waals surface area contributed by atoms with Crippen LogP contribution in [0.4, 0.5) is 5.82 Å². The standard InChI is InChI=1S/C19H24N4O5S/c1-26-8-7-20-17(24)9-23-19(15-11-29-12-16(15)22-23)21-18(25)10-28-14-5-3-13(27-2)4-6-14/h3-6H,7-12H2,1-2H3,(H,20,24)(H,21,25). The van der Waals surface area contributed by atoms with Crippen LogP contribution < -0.4 is 20.1 Å². The Labute approximate surface area is 173 Å². The molecule has 9 nitrogen and oxygen atoms in total. The maximum Gasteiger partial charge on any atom is 0.263 e. The van der Waals surface area contributed by atoms with Crippen molar-refractivity contribution in [3.63, 3.8) is 0 Å². The van der Waals surface area contributed by atoms with Gasteiger partial charge in [-0.3, -0.25) is 9.59 Å². The molecule has 10 heteroatoms.